The summed E-state index contributed by atoms with van der Waals surface area (Å²) in [6.07, 6.45) is 0. The van der Waals surface area contributed by atoms with Crippen LogP contribution in [0.4, 0.5) is 5.95 Å². The summed E-state index contributed by atoms with van der Waals surface area (Å²) in [6.45, 7) is 0. The van der Waals surface area contributed by atoms with Crippen LogP contribution in [0.3, 0.4) is 0 Å². The van der Waals surface area contributed by atoms with Crippen molar-refractivity contribution in [3.63, 3.8) is 0 Å². The lowest BCUT2D eigenvalue weighted by molar-refractivity contribution is 0.698. The number of hydrazine groups is 1. The number of imidazole rings is 1. The number of fused-ring (bicyclic) bond motifs is 1. The average molecular weight is 224 g/mol. The quantitative estimate of drug-likeness (QED) is 0.442. The molecule has 2 heterocycles. The third kappa shape index (κ3) is 1.10. The number of nitrogens with zero attached hydrogens (tertiary/aromatic N) is 4. The summed E-state index contributed by atoms with van der Waals surface area (Å²) in [6, 6.07) is 0. The largest absolute Gasteiger partial charge is 0.332 e. The molecule has 0 saturated heterocycles. The molecule has 0 aliphatic heterocycles. The van der Waals surface area contributed by atoms with Crippen LogP contribution in [-0.2, 0) is 21.1 Å². The van der Waals surface area contributed by atoms with E-state index in [0.29, 0.717) is 11.6 Å². The Balaban J connectivity index is 3.13. The maximum absolute atomic E-state index is 11.8. The van der Waals surface area contributed by atoms with Gasteiger partial charge in [-0.25, -0.2) is 15.6 Å². The van der Waals surface area contributed by atoms with Crippen molar-refractivity contribution in [3.05, 3.63) is 20.8 Å². The molecule has 0 saturated carbocycles. The van der Waals surface area contributed by atoms with Crippen molar-refractivity contribution >= 4 is 17.1 Å². The molecule has 3 N–H and O–H groups in total. The van der Waals surface area contributed by atoms with E-state index in [1.54, 1.807) is 18.7 Å². The van der Waals surface area contributed by atoms with Gasteiger partial charge in [-0.3, -0.25) is 23.9 Å². The molecule has 8 nitrogen and oxygen atoms in total. The predicted octanol–water partition coefficient (Wildman–Crippen LogP) is -1.74. The third-order valence-corrected chi connectivity index (χ3v) is 2.59. The van der Waals surface area contributed by atoms with Gasteiger partial charge in [-0.2, -0.15) is 0 Å². The van der Waals surface area contributed by atoms with Gasteiger partial charge in [0.1, 0.15) is 0 Å². The molecule has 86 valence electrons. The normalized spacial score (nSPS) is 11.0. The van der Waals surface area contributed by atoms with Gasteiger partial charge in [-0.1, -0.05) is 0 Å². The van der Waals surface area contributed by atoms with Gasteiger partial charge in [-0.05, 0) is 0 Å². The van der Waals surface area contributed by atoms with E-state index in [1.165, 1.54) is 11.6 Å². The molecule has 0 aliphatic rings. The summed E-state index contributed by atoms with van der Waals surface area (Å²) in [4.78, 5) is 27.5. The van der Waals surface area contributed by atoms with Crippen LogP contribution in [0.5, 0.6) is 0 Å². The molecule has 0 amide bonds. The minimum atomic E-state index is -0.435. The first kappa shape index (κ1) is 10.4. The Morgan fingerprint density at radius 1 is 1.12 bits per heavy atom. The Labute approximate surface area is 89.9 Å². The zero-order valence-electron chi connectivity index (χ0n) is 9.18. The lowest BCUT2D eigenvalue weighted by atomic mass is 10.5. The van der Waals surface area contributed by atoms with Crippen LogP contribution in [0, 0.1) is 0 Å². The molecule has 8 heteroatoms. The monoisotopic (exact) mass is 224 g/mol. The summed E-state index contributed by atoms with van der Waals surface area (Å²) in [7, 11) is 4.66. The SMILES string of the molecule is Cn1c(=O)c2nc(NN)n(C)c2n(C)c1=O. The van der Waals surface area contributed by atoms with Crippen LogP contribution in [0.15, 0.2) is 9.59 Å². The second-order valence-electron chi connectivity index (χ2n) is 3.52. The number of anilines is 1. The molecule has 2 rings (SSSR count). The van der Waals surface area contributed by atoms with Crippen molar-refractivity contribution in [3.8, 4) is 0 Å². The fourth-order valence-corrected chi connectivity index (χ4v) is 1.71. The van der Waals surface area contributed by atoms with Crippen molar-refractivity contribution < 1.29 is 0 Å². The summed E-state index contributed by atoms with van der Waals surface area (Å²) in [5, 5.41) is 0. The maximum Gasteiger partial charge on any atom is 0.332 e. The topological polar surface area (TPSA) is 99.9 Å². The molecule has 0 aliphatic carbocycles. The van der Waals surface area contributed by atoms with Gasteiger partial charge >= 0.3 is 5.69 Å². The van der Waals surface area contributed by atoms with E-state index in [-0.39, 0.29) is 5.52 Å². The summed E-state index contributed by atoms with van der Waals surface area (Å²) >= 11 is 0. The maximum atomic E-state index is 11.8. The number of rotatable bonds is 1. The smallest absolute Gasteiger partial charge is 0.298 e. The van der Waals surface area contributed by atoms with Gasteiger partial charge < -0.3 is 0 Å². The minimum Gasteiger partial charge on any atom is -0.298 e. The Morgan fingerprint density at radius 2 is 1.75 bits per heavy atom. The minimum absolute atomic E-state index is 0.208. The zero-order chi connectivity index (χ0) is 12.0. The molecule has 0 bridgehead atoms. The number of nitrogens with one attached hydrogen (secondary N) is 1. The van der Waals surface area contributed by atoms with Crippen LogP contribution < -0.4 is 22.5 Å². The number of hydrogen-bond donors (Lipinski definition) is 2. The highest BCUT2D eigenvalue weighted by atomic mass is 16.2. The second kappa shape index (κ2) is 3.20. The molecule has 0 unspecified atom stereocenters. The molecular weight excluding hydrogens is 212 g/mol. The van der Waals surface area contributed by atoms with E-state index in [9.17, 15) is 9.59 Å². The molecule has 0 atom stereocenters. The number of aromatic nitrogens is 4. The van der Waals surface area contributed by atoms with Gasteiger partial charge in [0.25, 0.3) is 5.56 Å². The van der Waals surface area contributed by atoms with E-state index in [2.05, 4.69) is 10.4 Å². The number of nitrogens with two attached hydrogens (primary N) is 1. The van der Waals surface area contributed by atoms with Crippen molar-refractivity contribution in [1.82, 2.24) is 18.7 Å². The fraction of sp³-hybridized carbons (Fsp3) is 0.375. The number of nitrogen functional groups attached to an aromatic ring is 1. The molecule has 16 heavy (non-hydrogen) atoms. The Bertz CT molecular complexity index is 676. The molecular formula is C8H12N6O2. The first-order valence-electron chi connectivity index (χ1n) is 4.58. The number of hydrogen-bond acceptors (Lipinski definition) is 5. The molecule has 0 radical (unpaired) electrons. The van der Waals surface area contributed by atoms with Crippen LogP contribution in [0.25, 0.3) is 11.2 Å². The molecule has 0 aromatic carbocycles. The van der Waals surface area contributed by atoms with Crippen LogP contribution in [0.1, 0.15) is 0 Å². The van der Waals surface area contributed by atoms with Gasteiger partial charge in [0.05, 0.1) is 0 Å². The third-order valence-electron chi connectivity index (χ3n) is 2.59. The van der Waals surface area contributed by atoms with E-state index in [4.69, 9.17) is 5.84 Å². The first-order valence-corrected chi connectivity index (χ1v) is 4.58. The summed E-state index contributed by atoms with van der Waals surface area (Å²) in [5.74, 6) is 5.59. The first-order chi connectivity index (χ1) is 7.49. The van der Waals surface area contributed by atoms with Gasteiger partial charge in [-0.15, -0.1) is 0 Å². The lowest BCUT2D eigenvalue weighted by Gasteiger charge is -2.05. The van der Waals surface area contributed by atoms with E-state index in [1.807, 2.05) is 0 Å². The van der Waals surface area contributed by atoms with Crippen molar-refractivity contribution in [2.24, 2.45) is 27.0 Å². The zero-order valence-corrected chi connectivity index (χ0v) is 9.18. The van der Waals surface area contributed by atoms with E-state index >= 15 is 0 Å². The molecule has 2 aromatic rings. The predicted molar refractivity (Wildman–Crippen MR) is 59.0 cm³/mol. The number of aryl methyl sites for hydroxylation is 2. The molecule has 2 aromatic heterocycles. The Hall–Kier alpha value is -2.09. The lowest BCUT2D eigenvalue weighted by Crippen LogP contribution is -2.37. The molecule has 0 spiro atoms. The Morgan fingerprint density at radius 3 is 2.31 bits per heavy atom. The van der Waals surface area contributed by atoms with E-state index < -0.39 is 11.2 Å². The highest BCUT2D eigenvalue weighted by Gasteiger charge is 2.15. The fourth-order valence-electron chi connectivity index (χ4n) is 1.71. The standard InChI is InChI=1S/C8H12N6O2/c1-12-5-4(10-7(12)11-9)6(15)14(3)8(16)13(5)2/h9H2,1-3H3,(H,10,11). The average Bonchev–Trinajstić information content (AvgIpc) is 2.61. The van der Waals surface area contributed by atoms with Crippen molar-refractivity contribution in [2.75, 3.05) is 5.43 Å². The van der Waals surface area contributed by atoms with Gasteiger partial charge in [0, 0.05) is 21.1 Å². The van der Waals surface area contributed by atoms with Crippen LogP contribution in [-0.4, -0.2) is 18.7 Å². The van der Waals surface area contributed by atoms with Crippen molar-refractivity contribution in [2.45, 2.75) is 0 Å². The molecule has 0 fully saturated rings. The second-order valence-corrected chi connectivity index (χ2v) is 3.52. The van der Waals surface area contributed by atoms with Gasteiger partial charge in [0.15, 0.2) is 11.2 Å². The summed E-state index contributed by atoms with van der Waals surface area (Å²) in [5.41, 5.74) is 2.17. The van der Waals surface area contributed by atoms with Crippen molar-refractivity contribution in [1.29, 1.82) is 0 Å². The highest BCUT2D eigenvalue weighted by molar-refractivity contribution is 5.73. The van der Waals surface area contributed by atoms with E-state index in [0.717, 1.165) is 4.57 Å². The highest BCUT2D eigenvalue weighted by Crippen LogP contribution is 2.11. The Kier molecular flexibility index (Phi) is 2.09. The van der Waals surface area contributed by atoms with Crippen LogP contribution >= 0.6 is 0 Å². The van der Waals surface area contributed by atoms with Crippen LogP contribution in [0.2, 0.25) is 0 Å². The van der Waals surface area contributed by atoms with Gasteiger partial charge in [0.2, 0.25) is 5.95 Å². The summed E-state index contributed by atoms with van der Waals surface area (Å²) < 4.78 is 3.92.